The molecular formula is C69H94O2S4+4. The van der Waals surface area contributed by atoms with Crippen LogP contribution in [0.4, 0.5) is 0 Å². The second-order valence-electron chi connectivity index (χ2n) is 24.5. The van der Waals surface area contributed by atoms with E-state index < -0.39 is 0 Å². The largest absolute Gasteiger partial charge is 0.426 e. The fraction of sp³-hybridized carbons (Fsp3) is 0.522. The van der Waals surface area contributed by atoms with Crippen LogP contribution in [0.5, 0.6) is 5.75 Å². The molecule has 4 aliphatic carbocycles. The molecule has 0 spiro atoms. The van der Waals surface area contributed by atoms with Crippen molar-refractivity contribution in [1.29, 1.82) is 0 Å². The highest BCUT2D eigenvalue weighted by atomic mass is 32.2. The van der Waals surface area contributed by atoms with Crippen molar-refractivity contribution in [2.75, 3.05) is 34.5 Å². The van der Waals surface area contributed by atoms with Crippen LogP contribution in [-0.2, 0) is 48.3 Å². The Bertz CT molecular complexity index is 2640. The van der Waals surface area contributed by atoms with E-state index >= 15 is 0 Å². The first-order valence-electron chi connectivity index (χ1n) is 29.2. The third-order valence-corrected chi connectivity index (χ3v) is 26.2. The quantitative estimate of drug-likeness (QED) is 0.0944. The summed E-state index contributed by atoms with van der Waals surface area (Å²) in [4.78, 5) is 19.4. The second kappa shape index (κ2) is 26.5. The van der Waals surface area contributed by atoms with Gasteiger partial charge in [0.2, 0.25) is 0 Å². The Morgan fingerprint density at radius 3 is 1.35 bits per heavy atom. The zero-order valence-corrected chi connectivity index (χ0v) is 51.2. The zero-order chi connectivity index (χ0) is 53.2. The predicted molar refractivity (Wildman–Crippen MR) is 335 cm³/mol. The van der Waals surface area contributed by atoms with Gasteiger partial charge < -0.3 is 4.74 Å². The van der Waals surface area contributed by atoms with E-state index in [9.17, 15) is 4.79 Å². The van der Waals surface area contributed by atoms with E-state index in [0.29, 0.717) is 32.7 Å². The molecule has 7 aliphatic rings. The fourth-order valence-corrected chi connectivity index (χ4v) is 21.9. The number of esters is 1. The summed E-state index contributed by atoms with van der Waals surface area (Å²) in [6, 6.07) is 45.1. The average Bonchev–Trinajstić information content (AvgIpc) is 4.13. The van der Waals surface area contributed by atoms with Crippen LogP contribution < -0.4 is 4.74 Å². The van der Waals surface area contributed by atoms with Gasteiger partial charge in [-0.3, -0.25) is 4.79 Å². The van der Waals surface area contributed by atoms with Crippen LogP contribution in [0, 0.1) is 37.0 Å². The van der Waals surface area contributed by atoms with Gasteiger partial charge in [0, 0.05) is 54.6 Å². The van der Waals surface area contributed by atoms with Gasteiger partial charge in [0.25, 0.3) is 0 Å². The van der Waals surface area contributed by atoms with E-state index in [1.807, 2.05) is 13.8 Å². The Kier molecular flexibility index (Phi) is 20.4. The van der Waals surface area contributed by atoms with Crippen LogP contribution in [0.1, 0.15) is 168 Å². The summed E-state index contributed by atoms with van der Waals surface area (Å²) < 4.78 is 7.59. The SMILES string of the molecule is CC.CC(C)(C)c1ccc(-[s+]2ccc3ccccc32)cc1.CC(C)(C)c1ccc([S+]2CCCCC2)cc1.Cc1cc([S+]2CCCC2)cc(C)c1OC(=O)C12CC3CC(CC(C3)C1)C2.c1ccc([S+]2CCCCC2)cc1. The van der Waals surface area contributed by atoms with E-state index in [-0.39, 0.29) is 32.7 Å². The van der Waals surface area contributed by atoms with Gasteiger partial charge in [0.05, 0.1) is 5.41 Å². The molecule has 0 amide bonds. The maximum Gasteiger partial charge on any atom is 0.317 e. The van der Waals surface area contributed by atoms with Gasteiger partial charge in [-0.05, 0) is 215 Å². The van der Waals surface area contributed by atoms with Gasteiger partial charge in [0.15, 0.2) is 24.3 Å². The third kappa shape index (κ3) is 15.0. The molecule has 0 radical (unpaired) electrons. The lowest BCUT2D eigenvalue weighted by Crippen LogP contribution is -2.51. The van der Waals surface area contributed by atoms with Crippen LogP contribution in [0.3, 0.4) is 0 Å². The Morgan fingerprint density at radius 1 is 0.480 bits per heavy atom. The van der Waals surface area contributed by atoms with Crippen LogP contribution >= 0.6 is 10.5 Å². The summed E-state index contributed by atoms with van der Waals surface area (Å²) in [7, 11) is 1.69. The number of hydrogen-bond donors (Lipinski definition) is 0. The summed E-state index contributed by atoms with van der Waals surface area (Å²) in [6.45, 7) is 21.9. The van der Waals surface area contributed by atoms with Gasteiger partial charge in [-0.2, -0.15) is 0 Å². The van der Waals surface area contributed by atoms with E-state index in [4.69, 9.17) is 4.74 Å². The standard InChI is InChI=1S/C23H31O2S.C18H19S.C15H23S.C11H15S.C2H6/c1-15-7-20(26-5-3-4-6-26)8-16(2)21(15)25-22(24)23-12-17-9-18(13-23)11-19(10-17)14-23;1-18(2,3)15-8-10-16(11-9-15)19-13-12-14-6-4-5-7-17(14)19;1-15(2,3)13-7-9-14(10-8-13)16-11-5-4-6-12-16;1-3-7-11(8-4-1)12-9-5-2-6-10-12;1-2/h7-8,17-19H,3-6,9-14H2,1-2H3;4-13H,1-3H3;7-10H,4-6,11-12H2,1-3H3;1,3-4,7-8H,2,5-6,9-10H2;1-2H3/q4*+1;. The normalized spacial score (nSPS) is 22.9. The molecule has 3 aliphatic heterocycles. The van der Waals surface area contributed by atoms with Gasteiger partial charge in [-0.25, -0.2) is 0 Å². The molecule has 75 heavy (non-hydrogen) atoms. The summed E-state index contributed by atoms with van der Waals surface area (Å²) in [6.07, 6.45) is 18.7. The number of carbonyl (C=O) groups excluding carboxylic acids is 1. The van der Waals surface area contributed by atoms with Crippen LogP contribution in [0.15, 0.2) is 141 Å². The minimum absolute atomic E-state index is 0.0823. The van der Waals surface area contributed by atoms with Gasteiger partial charge in [-0.1, -0.05) is 110 Å². The second-order valence-corrected chi connectivity index (χ2v) is 33.2. The van der Waals surface area contributed by atoms with Crippen LogP contribution in [0.2, 0.25) is 0 Å². The Labute approximate surface area is 467 Å². The van der Waals surface area contributed by atoms with Crippen molar-refractivity contribution in [3.8, 4) is 10.6 Å². The summed E-state index contributed by atoms with van der Waals surface area (Å²) in [5.74, 6) is 11.7. The molecule has 13 rings (SSSR count). The highest BCUT2D eigenvalue weighted by molar-refractivity contribution is 7.97. The lowest BCUT2D eigenvalue weighted by Gasteiger charge is -2.55. The van der Waals surface area contributed by atoms with E-state index in [1.54, 1.807) is 9.79 Å². The maximum atomic E-state index is 13.3. The Hall–Kier alpha value is -3.42. The van der Waals surface area contributed by atoms with Crippen molar-refractivity contribution in [3.63, 3.8) is 0 Å². The number of thiophene rings is 1. The zero-order valence-electron chi connectivity index (χ0n) is 47.9. The molecule has 5 aromatic carbocycles. The molecule has 3 saturated heterocycles. The molecular weight excluding hydrogens is 989 g/mol. The Balaban J connectivity index is 0.000000136. The minimum atomic E-state index is -0.167. The number of aryl methyl sites for hydroxylation is 2. The summed E-state index contributed by atoms with van der Waals surface area (Å²) in [5.41, 5.74) is 5.50. The van der Waals surface area contributed by atoms with Crippen molar-refractivity contribution < 1.29 is 9.53 Å². The number of benzene rings is 5. The molecule has 4 saturated carbocycles. The number of carbonyl (C=O) groups is 1. The first kappa shape index (κ1) is 57.7. The molecule has 0 N–H and O–H groups in total. The fourth-order valence-electron chi connectivity index (χ4n) is 12.9. The third-order valence-electron chi connectivity index (χ3n) is 16.7. The van der Waals surface area contributed by atoms with Gasteiger partial charge >= 0.3 is 5.97 Å². The molecule has 4 heterocycles. The molecule has 6 heteroatoms. The number of fused-ring (bicyclic) bond motifs is 1. The lowest BCUT2D eigenvalue weighted by molar-refractivity contribution is -0.161. The molecule has 1 atom stereocenters. The number of ether oxygens (including phenoxy) is 1. The maximum absolute atomic E-state index is 13.3. The molecule has 4 bridgehead atoms. The monoisotopic (exact) mass is 1080 g/mol. The van der Waals surface area contributed by atoms with Crippen molar-refractivity contribution in [1.82, 2.24) is 0 Å². The van der Waals surface area contributed by atoms with E-state index in [0.717, 1.165) is 53.9 Å². The minimum Gasteiger partial charge on any atom is -0.426 e. The van der Waals surface area contributed by atoms with E-state index in [2.05, 4.69) is 182 Å². The number of hydrogen-bond acceptors (Lipinski definition) is 2. The first-order chi connectivity index (χ1) is 36.1. The first-order valence-corrected chi connectivity index (χ1v) is 35.2. The average molecular weight is 1080 g/mol. The summed E-state index contributed by atoms with van der Waals surface area (Å²) >= 11 is 0. The topological polar surface area (TPSA) is 26.3 Å². The highest BCUT2D eigenvalue weighted by Gasteiger charge is 2.56. The highest BCUT2D eigenvalue weighted by Crippen LogP contribution is 2.60. The molecule has 402 valence electrons. The van der Waals surface area contributed by atoms with Crippen LogP contribution in [-0.4, -0.2) is 40.5 Å². The van der Waals surface area contributed by atoms with E-state index in [1.165, 1.54) is 136 Å². The van der Waals surface area contributed by atoms with Crippen molar-refractivity contribution in [3.05, 3.63) is 149 Å². The van der Waals surface area contributed by atoms with Gasteiger partial charge in [0.1, 0.15) is 45.6 Å². The van der Waals surface area contributed by atoms with Gasteiger partial charge in [-0.15, -0.1) is 0 Å². The summed E-state index contributed by atoms with van der Waals surface area (Å²) in [5, 5.41) is 3.70. The van der Waals surface area contributed by atoms with Crippen molar-refractivity contribution in [2.45, 2.75) is 185 Å². The lowest BCUT2D eigenvalue weighted by atomic mass is 9.49. The van der Waals surface area contributed by atoms with Crippen molar-refractivity contribution >= 4 is 59.2 Å². The molecule has 1 aromatic heterocycles. The molecule has 1 unspecified atom stereocenters. The molecule has 7 fully saturated rings. The predicted octanol–water partition coefficient (Wildman–Crippen LogP) is 19.1. The smallest absolute Gasteiger partial charge is 0.317 e. The Morgan fingerprint density at radius 2 is 0.880 bits per heavy atom. The molecule has 6 aromatic rings. The van der Waals surface area contributed by atoms with Crippen LogP contribution in [0.25, 0.3) is 15.0 Å². The van der Waals surface area contributed by atoms with Crippen molar-refractivity contribution in [2.24, 2.45) is 23.2 Å². The number of rotatable bonds is 6. The molecule has 2 nitrogen and oxygen atoms in total.